The summed E-state index contributed by atoms with van der Waals surface area (Å²) in [4.78, 5) is 15.4. The number of aryl methyl sites for hydroxylation is 1. The summed E-state index contributed by atoms with van der Waals surface area (Å²) in [5, 5.41) is 2.05. The normalized spacial score (nSPS) is 12.0. The third-order valence-electron chi connectivity index (χ3n) is 3.74. The summed E-state index contributed by atoms with van der Waals surface area (Å²) in [5.74, 6) is 1.00. The Morgan fingerprint density at radius 2 is 2.00 bits per heavy atom. The number of carbonyl (C=O) groups excluding carboxylic acids is 1. The number of benzene rings is 1. The molecule has 2 rings (SSSR count). The van der Waals surface area contributed by atoms with Gasteiger partial charge < -0.3 is 9.64 Å². The van der Waals surface area contributed by atoms with Crippen molar-refractivity contribution in [2.75, 3.05) is 14.2 Å². The van der Waals surface area contributed by atoms with E-state index in [0.29, 0.717) is 6.42 Å². The van der Waals surface area contributed by atoms with Gasteiger partial charge in [-0.3, -0.25) is 4.79 Å². The smallest absolute Gasteiger partial charge is 0.223 e. The van der Waals surface area contributed by atoms with Crippen LogP contribution in [0.2, 0.25) is 0 Å². The van der Waals surface area contributed by atoms with Gasteiger partial charge >= 0.3 is 0 Å². The highest BCUT2D eigenvalue weighted by Gasteiger charge is 2.17. The number of rotatable bonds is 6. The minimum Gasteiger partial charge on any atom is -0.497 e. The van der Waals surface area contributed by atoms with Gasteiger partial charge in [-0.2, -0.15) is 0 Å². The van der Waals surface area contributed by atoms with Crippen LogP contribution in [0.3, 0.4) is 0 Å². The summed E-state index contributed by atoms with van der Waals surface area (Å²) in [6.45, 7) is 2.05. The Hall–Kier alpha value is -1.81. The van der Waals surface area contributed by atoms with Gasteiger partial charge in [0, 0.05) is 18.3 Å². The standard InChI is InChI=1S/C17H21NO2S/c1-13(14-6-8-15(20-3)9-7-14)18(2)17(19)11-10-16-5-4-12-21-16/h4-9,12-13H,10-11H2,1-3H3. The molecule has 0 N–H and O–H groups in total. The molecule has 21 heavy (non-hydrogen) atoms. The van der Waals surface area contributed by atoms with E-state index >= 15 is 0 Å². The van der Waals surface area contributed by atoms with E-state index in [-0.39, 0.29) is 11.9 Å². The second-order valence-electron chi connectivity index (χ2n) is 5.03. The third-order valence-corrected chi connectivity index (χ3v) is 4.67. The van der Waals surface area contributed by atoms with Crippen LogP contribution >= 0.6 is 11.3 Å². The van der Waals surface area contributed by atoms with Crippen LogP contribution in [0, 0.1) is 0 Å². The number of methoxy groups -OCH3 is 1. The molecule has 1 unspecified atom stereocenters. The van der Waals surface area contributed by atoms with Crippen molar-refractivity contribution in [2.45, 2.75) is 25.8 Å². The molecule has 0 bridgehead atoms. The zero-order valence-corrected chi connectivity index (χ0v) is 13.5. The van der Waals surface area contributed by atoms with Crippen LogP contribution in [0.15, 0.2) is 41.8 Å². The van der Waals surface area contributed by atoms with E-state index in [0.717, 1.165) is 17.7 Å². The molecule has 1 amide bonds. The van der Waals surface area contributed by atoms with Crippen molar-refractivity contribution < 1.29 is 9.53 Å². The van der Waals surface area contributed by atoms with Gasteiger partial charge in [-0.05, 0) is 42.5 Å². The summed E-state index contributed by atoms with van der Waals surface area (Å²) >= 11 is 1.70. The van der Waals surface area contributed by atoms with E-state index in [1.165, 1.54) is 4.88 Å². The quantitative estimate of drug-likeness (QED) is 0.810. The van der Waals surface area contributed by atoms with Crippen molar-refractivity contribution in [1.82, 2.24) is 4.90 Å². The molecule has 4 heteroatoms. The summed E-state index contributed by atoms with van der Waals surface area (Å²) < 4.78 is 5.16. The predicted octanol–water partition coefficient (Wildman–Crippen LogP) is 3.91. The second-order valence-corrected chi connectivity index (χ2v) is 6.07. The summed E-state index contributed by atoms with van der Waals surface area (Å²) in [5.41, 5.74) is 1.11. The third kappa shape index (κ3) is 4.08. The van der Waals surface area contributed by atoms with Crippen molar-refractivity contribution in [1.29, 1.82) is 0 Å². The Bertz CT molecular complexity index is 563. The topological polar surface area (TPSA) is 29.5 Å². The van der Waals surface area contributed by atoms with E-state index in [2.05, 4.69) is 6.07 Å². The van der Waals surface area contributed by atoms with Crippen molar-refractivity contribution in [3.05, 3.63) is 52.2 Å². The zero-order chi connectivity index (χ0) is 15.2. The first-order valence-electron chi connectivity index (χ1n) is 7.04. The molecule has 1 aromatic carbocycles. The fourth-order valence-corrected chi connectivity index (χ4v) is 2.89. The van der Waals surface area contributed by atoms with Crippen LogP contribution in [-0.4, -0.2) is 25.0 Å². The molecule has 3 nitrogen and oxygen atoms in total. The van der Waals surface area contributed by atoms with Gasteiger partial charge in [0.15, 0.2) is 0 Å². The van der Waals surface area contributed by atoms with E-state index in [1.54, 1.807) is 18.4 Å². The van der Waals surface area contributed by atoms with Gasteiger partial charge in [-0.25, -0.2) is 0 Å². The monoisotopic (exact) mass is 303 g/mol. The van der Waals surface area contributed by atoms with Crippen molar-refractivity contribution >= 4 is 17.2 Å². The number of hydrogen-bond acceptors (Lipinski definition) is 3. The SMILES string of the molecule is COc1ccc(C(C)N(C)C(=O)CCc2cccs2)cc1. The van der Waals surface area contributed by atoms with Gasteiger partial charge in [-0.15, -0.1) is 11.3 Å². The maximum Gasteiger partial charge on any atom is 0.223 e. The van der Waals surface area contributed by atoms with Crippen molar-refractivity contribution in [3.8, 4) is 5.75 Å². The Balaban J connectivity index is 1.93. The lowest BCUT2D eigenvalue weighted by molar-refractivity contribution is -0.131. The van der Waals surface area contributed by atoms with Gasteiger partial charge in [0.05, 0.1) is 13.2 Å². The molecule has 0 fully saturated rings. The molecule has 0 aliphatic rings. The predicted molar refractivity (Wildman–Crippen MR) is 86.8 cm³/mol. The zero-order valence-electron chi connectivity index (χ0n) is 12.7. The van der Waals surface area contributed by atoms with Crippen LogP contribution in [0.1, 0.15) is 29.8 Å². The van der Waals surface area contributed by atoms with Crippen LogP contribution < -0.4 is 4.74 Å². The molecule has 0 spiro atoms. The highest BCUT2D eigenvalue weighted by atomic mass is 32.1. The molecule has 1 aromatic heterocycles. The van der Waals surface area contributed by atoms with Gasteiger partial charge in [-0.1, -0.05) is 18.2 Å². The maximum absolute atomic E-state index is 12.3. The molecule has 1 atom stereocenters. The average molecular weight is 303 g/mol. The first-order chi connectivity index (χ1) is 10.1. The Morgan fingerprint density at radius 3 is 2.57 bits per heavy atom. The minimum atomic E-state index is 0.0618. The summed E-state index contributed by atoms with van der Waals surface area (Å²) in [7, 11) is 3.52. The Kier molecular flexibility index (Phi) is 5.39. The lowest BCUT2D eigenvalue weighted by atomic mass is 10.1. The highest BCUT2D eigenvalue weighted by Crippen LogP contribution is 2.22. The Labute approximate surface area is 130 Å². The molecular weight excluding hydrogens is 282 g/mol. The van der Waals surface area contributed by atoms with Gasteiger partial charge in [0.25, 0.3) is 0 Å². The fourth-order valence-electron chi connectivity index (χ4n) is 2.18. The molecule has 0 aliphatic heterocycles. The molecule has 0 aliphatic carbocycles. The van der Waals surface area contributed by atoms with Gasteiger partial charge in [0.1, 0.15) is 5.75 Å². The number of carbonyl (C=O) groups is 1. The number of thiophene rings is 1. The summed E-state index contributed by atoms with van der Waals surface area (Å²) in [6, 6.07) is 12.0. The van der Waals surface area contributed by atoms with Crippen LogP contribution in [-0.2, 0) is 11.2 Å². The largest absolute Gasteiger partial charge is 0.497 e. The van der Waals surface area contributed by atoms with E-state index in [4.69, 9.17) is 4.74 Å². The van der Waals surface area contributed by atoms with Crippen LogP contribution in [0.5, 0.6) is 5.75 Å². The van der Waals surface area contributed by atoms with E-state index in [1.807, 2.05) is 54.6 Å². The molecule has 112 valence electrons. The minimum absolute atomic E-state index is 0.0618. The van der Waals surface area contributed by atoms with Crippen molar-refractivity contribution in [3.63, 3.8) is 0 Å². The van der Waals surface area contributed by atoms with E-state index in [9.17, 15) is 4.79 Å². The molecule has 0 radical (unpaired) electrons. The molecule has 1 heterocycles. The lowest BCUT2D eigenvalue weighted by Gasteiger charge is -2.25. The molecule has 0 saturated heterocycles. The molecule has 2 aromatic rings. The first kappa shape index (κ1) is 15.6. The van der Waals surface area contributed by atoms with E-state index < -0.39 is 0 Å². The fraction of sp³-hybridized carbons (Fsp3) is 0.353. The number of hydrogen-bond donors (Lipinski definition) is 0. The number of ether oxygens (including phenoxy) is 1. The number of amides is 1. The van der Waals surface area contributed by atoms with Crippen LogP contribution in [0.25, 0.3) is 0 Å². The second kappa shape index (κ2) is 7.27. The molecule has 0 saturated carbocycles. The molecular formula is C17H21NO2S. The number of nitrogens with zero attached hydrogens (tertiary/aromatic N) is 1. The first-order valence-corrected chi connectivity index (χ1v) is 7.91. The van der Waals surface area contributed by atoms with Crippen LogP contribution in [0.4, 0.5) is 0 Å². The average Bonchev–Trinajstić information content (AvgIpc) is 3.04. The highest BCUT2D eigenvalue weighted by molar-refractivity contribution is 7.09. The Morgan fingerprint density at radius 1 is 1.29 bits per heavy atom. The van der Waals surface area contributed by atoms with Gasteiger partial charge in [0.2, 0.25) is 5.91 Å². The van der Waals surface area contributed by atoms with Crippen molar-refractivity contribution in [2.24, 2.45) is 0 Å². The maximum atomic E-state index is 12.3. The lowest BCUT2D eigenvalue weighted by Crippen LogP contribution is -2.29. The summed E-state index contributed by atoms with van der Waals surface area (Å²) in [6.07, 6.45) is 1.37.